The number of carboxylic acid groups (broad SMARTS) is 3. The molecule has 0 aromatic rings. The second-order valence-corrected chi connectivity index (χ2v) is 0.976. The van der Waals surface area contributed by atoms with E-state index in [1.54, 1.807) is 0 Å². The second-order valence-electron chi connectivity index (χ2n) is 0.976. The topological polar surface area (TPSA) is 231 Å². The first-order valence-electron chi connectivity index (χ1n) is 2.11. The maximum absolute atomic E-state index is 8.78. The Balaban J connectivity index is -0.0000000270. The molecule has 80 valence electrons. The molecule has 14 heavy (non-hydrogen) atoms. The second kappa shape index (κ2) is 22.5. The van der Waals surface area contributed by atoms with Gasteiger partial charge in [-0.3, -0.25) is 0 Å². The summed E-state index contributed by atoms with van der Waals surface area (Å²) in [4.78, 5) is 26.1. The normalized spacial score (nSPS) is 5.14. The van der Waals surface area contributed by atoms with Crippen molar-refractivity contribution in [3.8, 4) is 0 Å². The Hall–Kier alpha value is -1.61. The van der Waals surface area contributed by atoms with Gasteiger partial charge in [0.1, 0.15) is 12.2 Å². The van der Waals surface area contributed by atoms with E-state index in [9.17, 15) is 0 Å². The Kier molecular flexibility index (Phi) is 47.3. The standard InChI is InChI=1S/3CH3NO2.H3N.Zn/c3*2-1(3)4;;/h3*2H2,(H,3,4);1H3;/q;;;;+2/p-2. The van der Waals surface area contributed by atoms with Gasteiger partial charge in [0.25, 0.3) is 0 Å². The van der Waals surface area contributed by atoms with E-state index in [-0.39, 0.29) is 25.6 Å². The van der Waals surface area contributed by atoms with Crippen LogP contribution >= 0.6 is 0 Å². The number of nitrogens with two attached hydrogens (primary N) is 3. The van der Waals surface area contributed by atoms with Crippen LogP contribution in [0.5, 0.6) is 0 Å². The largest absolute Gasteiger partial charge is 2.00 e. The van der Waals surface area contributed by atoms with Gasteiger partial charge in [-0.15, -0.1) is 0 Å². The van der Waals surface area contributed by atoms with Crippen LogP contribution < -0.4 is 33.6 Å². The van der Waals surface area contributed by atoms with Crippen LogP contribution in [0.1, 0.15) is 0 Å². The zero-order chi connectivity index (χ0) is 10.7. The van der Waals surface area contributed by atoms with Crippen LogP contribution in [0.25, 0.3) is 0 Å². The van der Waals surface area contributed by atoms with Crippen molar-refractivity contribution >= 4 is 18.3 Å². The van der Waals surface area contributed by atoms with Crippen LogP contribution in [-0.4, -0.2) is 23.4 Å². The summed E-state index contributed by atoms with van der Waals surface area (Å²) in [5.74, 6) is 0. The summed E-state index contributed by atoms with van der Waals surface area (Å²) >= 11 is 0. The molecule has 0 atom stereocenters. The molecule has 0 saturated carbocycles. The molecule has 0 unspecified atom stereocenters. The van der Waals surface area contributed by atoms with Crippen LogP contribution in [-0.2, 0) is 19.5 Å². The molecule has 10 N–H and O–H groups in total. The summed E-state index contributed by atoms with van der Waals surface area (Å²) in [5, 5.41) is 24.5. The SMILES string of the molecule is N.NC(=O)O.NC(=O)[O-].NC(=O)[O-].[Zn+2]. The van der Waals surface area contributed by atoms with Gasteiger partial charge in [0.2, 0.25) is 0 Å². The van der Waals surface area contributed by atoms with Crippen LogP contribution in [0.3, 0.4) is 0 Å². The third kappa shape index (κ3) is 355. The monoisotopic (exact) mass is 262 g/mol. The Bertz CT molecular complexity index is 123. The van der Waals surface area contributed by atoms with E-state index < -0.39 is 18.3 Å². The first-order valence-corrected chi connectivity index (χ1v) is 2.11. The quantitative estimate of drug-likeness (QED) is 0.275. The molecule has 11 heteroatoms. The average molecular weight is 264 g/mol. The molecule has 0 aromatic heterocycles. The van der Waals surface area contributed by atoms with Gasteiger partial charge in [0, 0.05) is 0 Å². The van der Waals surface area contributed by atoms with Crippen molar-refractivity contribution in [2.45, 2.75) is 0 Å². The van der Waals surface area contributed by atoms with Crippen LogP contribution in [0.15, 0.2) is 0 Å². The van der Waals surface area contributed by atoms with E-state index >= 15 is 0 Å². The van der Waals surface area contributed by atoms with Gasteiger partial charge in [-0.05, 0) is 0 Å². The summed E-state index contributed by atoms with van der Waals surface area (Å²) < 4.78 is 0. The summed E-state index contributed by atoms with van der Waals surface area (Å²) in [6.07, 6.45) is -4.50. The van der Waals surface area contributed by atoms with E-state index in [4.69, 9.17) is 29.7 Å². The van der Waals surface area contributed by atoms with Crippen molar-refractivity contribution < 1.29 is 49.2 Å². The molecule has 0 bridgehead atoms. The third-order valence-electron chi connectivity index (χ3n) is 0. The molecular formula is C3H10N4O6Zn. The number of hydrogen-bond acceptors (Lipinski definition) is 6. The van der Waals surface area contributed by atoms with Crippen molar-refractivity contribution in [1.82, 2.24) is 6.15 Å². The first-order chi connectivity index (χ1) is 5.20. The molecule has 10 nitrogen and oxygen atoms in total. The van der Waals surface area contributed by atoms with Crippen molar-refractivity contribution in [2.75, 3.05) is 0 Å². The van der Waals surface area contributed by atoms with E-state index in [0.29, 0.717) is 0 Å². The van der Waals surface area contributed by atoms with Crippen molar-refractivity contribution in [2.24, 2.45) is 17.2 Å². The van der Waals surface area contributed by atoms with E-state index in [2.05, 4.69) is 17.2 Å². The van der Waals surface area contributed by atoms with Crippen LogP contribution in [0, 0.1) is 0 Å². The molecule has 0 spiro atoms. The average Bonchev–Trinajstić information content (AvgIpc) is 1.54. The number of amides is 3. The zero-order valence-electron chi connectivity index (χ0n) is 7.13. The molecule has 0 radical (unpaired) electrons. The maximum atomic E-state index is 8.78. The number of carbonyl (C=O) groups excluding carboxylic acids is 2. The number of rotatable bonds is 0. The van der Waals surface area contributed by atoms with Crippen LogP contribution in [0.4, 0.5) is 14.4 Å². The van der Waals surface area contributed by atoms with Crippen molar-refractivity contribution in [3.05, 3.63) is 0 Å². The predicted octanol–water partition coefficient (Wildman–Crippen LogP) is -3.64. The van der Waals surface area contributed by atoms with Gasteiger partial charge in [0.15, 0.2) is 0 Å². The predicted molar refractivity (Wildman–Crippen MR) is 36.4 cm³/mol. The van der Waals surface area contributed by atoms with Gasteiger partial charge in [-0.2, -0.15) is 0 Å². The minimum absolute atomic E-state index is 0. The fraction of sp³-hybridized carbons (Fsp3) is 0. The summed E-state index contributed by atoms with van der Waals surface area (Å²) in [5.41, 5.74) is 11.9. The first kappa shape index (κ1) is 29.4. The Morgan fingerprint density at radius 3 is 0.929 bits per heavy atom. The molecular weight excluding hydrogens is 253 g/mol. The van der Waals surface area contributed by atoms with Crippen molar-refractivity contribution in [1.29, 1.82) is 0 Å². The summed E-state index contributed by atoms with van der Waals surface area (Å²) in [7, 11) is 0. The molecule has 0 aliphatic carbocycles. The third-order valence-corrected chi connectivity index (χ3v) is 0. The number of hydrogen-bond donors (Lipinski definition) is 5. The van der Waals surface area contributed by atoms with E-state index in [1.165, 1.54) is 0 Å². The Morgan fingerprint density at radius 1 is 0.929 bits per heavy atom. The smallest absolute Gasteiger partial charge is 0.530 e. The maximum Gasteiger partial charge on any atom is 2.00 e. The molecule has 0 aliphatic heterocycles. The fourth-order valence-corrected chi connectivity index (χ4v) is 0. The Morgan fingerprint density at radius 2 is 0.929 bits per heavy atom. The van der Waals surface area contributed by atoms with Gasteiger partial charge in [-0.25, -0.2) is 4.79 Å². The molecule has 0 saturated heterocycles. The van der Waals surface area contributed by atoms with Crippen LogP contribution in [0.2, 0.25) is 0 Å². The Labute approximate surface area is 91.4 Å². The minimum Gasteiger partial charge on any atom is -0.530 e. The van der Waals surface area contributed by atoms with Gasteiger partial charge < -0.3 is 48.3 Å². The number of carbonyl (C=O) groups is 3. The minimum atomic E-state index is -1.58. The van der Waals surface area contributed by atoms with Gasteiger partial charge >= 0.3 is 25.6 Å². The van der Waals surface area contributed by atoms with E-state index in [0.717, 1.165) is 0 Å². The van der Waals surface area contributed by atoms with Gasteiger partial charge in [-0.1, -0.05) is 0 Å². The summed E-state index contributed by atoms with van der Waals surface area (Å²) in [6, 6.07) is 0. The van der Waals surface area contributed by atoms with E-state index in [1.807, 2.05) is 0 Å². The molecule has 0 heterocycles. The zero-order valence-corrected chi connectivity index (χ0v) is 10.1. The van der Waals surface area contributed by atoms with Crippen molar-refractivity contribution in [3.63, 3.8) is 0 Å². The number of primary amides is 3. The molecule has 0 rings (SSSR count). The molecule has 3 amide bonds. The molecule has 0 aliphatic rings. The fourth-order valence-electron chi connectivity index (χ4n) is 0. The molecule has 0 fully saturated rings. The summed E-state index contributed by atoms with van der Waals surface area (Å²) in [6.45, 7) is 0. The van der Waals surface area contributed by atoms with Gasteiger partial charge in [0.05, 0.1) is 0 Å². The molecule has 0 aromatic carbocycles.